The molecule has 0 spiro atoms. The van der Waals surface area contributed by atoms with E-state index < -0.39 is 0 Å². The summed E-state index contributed by atoms with van der Waals surface area (Å²) in [6, 6.07) is 5.78. The van der Waals surface area contributed by atoms with Gasteiger partial charge in [-0.1, -0.05) is 6.07 Å². The fourth-order valence-corrected chi connectivity index (χ4v) is 1.89. The van der Waals surface area contributed by atoms with Gasteiger partial charge in [-0.2, -0.15) is 0 Å². The second kappa shape index (κ2) is 5.84. The highest BCUT2D eigenvalue weighted by Gasteiger charge is 2.05. The van der Waals surface area contributed by atoms with Crippen molar-refractivity contribution in [3.05, 3.63) is 34.3 Å². The molecule has 2 aromatic rings. The minimum absolute atomic E-state index is 0.218. The van der Waals surface area contributed by atoms with Gasteiger partial charge in [0.2, 0.25) is 0 Å². The molecule has 1 heterocycles. The van der Waals surface area contributed by atoms with Gasteiger partial charge in [0.05, 0.1) is 5.52 Å². The number of oxazole rings is 1. The van der Waals surface area contributed by atoms with Crippen LogP contribution >= 0.6 is 0 Å². The molecule has 5 nitrogen and oxygen atoms in total. The quantitative estimate of drug-likeness (QED) is 0.739. The second-order valence-corrected chi connectivity index (χ2v) is 4.31. The van der Waals surface area contributed by atoms with Crippen LogP contribution in [0.15, 0.2) is 27.4 Å². The number of aryl methyl sites for hydroxylation is 1. The van der Waals surface area contributed by atoms with Crippen LogP contribution in [0, 0.1) is 0 Å². The fraction of sp³-hybridized carbons (Fsp3) is 0.462. The second-order valence-electron chi connectivity index (χ2n) is 4.31. The lowest BCUT2D eigenvalue weighted by molar-refractivity contribution is 0.286. The molecule has 0 amide bonds. The highest BCUT2D eigenvalue weighted by Crippen LogP contribution is 2.14. The van der Waals surface area contributed by atoms with Crippen molar-refractivity contribution in [1.82, 2.24) is 9.88 Å². The molecule has 5 heteroatoms. The van der Waals surface area contributed by atoms with Gasteiger partial charge in [-0.15, -0.1) is 0 Å². The largest absolute Gasteiger partial charge is 0.419 e. The van der Waals surface area contributed by atoms with Crippen molar-refractivity contribution in [2.75, 3.05) is 19.7 Å². The summed E-state index contributed by atoms with van der Waals surface area (Å²) in [6.45, 7) is 1.90. The maximum atomic E-state index is 11.3. The minimum atomic E-state index is -0.330. The first-order chi connectivity index (χ1) is 8.72. The lowest BCUT2D eigenvalue weighted by Gasteiger charge is -2.04. The number of nitrogens with one attached hydrogen (secondary N) is 1. The first-order valence-corrected chi connectivity index (χ1v) is 6.12. The maximum absolute atomic E-state index is 11.3. The Hall–Kier alpha value is -1.59. The number of benzene rings is 1. The Kier molecular flexibility index (Phi) is 4.17. The van der Waals surface area contributed by atoms with Gasteiger partial charge >= 0.3 is 5.76 Å². The smallest absolute Gasteiger partial charge is 0.408 e. The van der Waals surface area contributed by atoms with Crippen LogP contribution in [0.4, 0.5) is 0 Å². The van der Waals surface area contributed by atoms with E-state index >= 15 is 0 Å². The summed E-state index contributed by atoms with van der Waals surface area (Å²) in [7, 11) is 1.71. The molecule has 0 atom stereocenters. The zero-order valence-corrected chi connectivity index (χ0v) is 10.5. The highest BCUT2D eigenvalue weighted by molar-refractivity contribution is 5.73. The molecule has 98 valence electrons. The Labute approximate surface area is 105 Å². The van der Waals surface area contributed by atoms with E-state index in [2.05, 4.69) is 5.32 Å². The van der Waals surface area contributed by atoms with Crippen molar-refractivity contribution in [3.63, 3.8) is 0 Å². The number of rotatable bonds is 6. The Morgan fingerprint density at radius 2 is 2.22 bits per heavy atom. The van der Waals surface area contributed by atoms with Gasteiger partial charge in [-0.05, 0) is 43.6 Å². The summed E-state index contributed by atoms with van der Waals surface area (Å²) in [5, 5.41) is 11.9. The van der Waals surface area contributed by atoms with E-state index in [-0.39, 0.29) is 12.4 Å². The number of nitrogens with zero attached hydrogens (tertiary/aromatic N) is 1. The molecular weight excluding hydrogens is 232 g/mol. The molecule has 2 N–H and O–H groups in total. The van der Waals surface area contributed by atoms with Crippen LogP contribution < -0.4 is 11.1 Å². The minimum Gasteiger partial charge on any atom is -0.408 e. The van der Waals surface area contributed by atoms with Gasteiger partial charge in [0, 0.05) is 13.7 Å². The van der Waals surface area contributed by atoms with Crippen LogP contribution in [0.1, 0.15) is 12.0 Å². The van der Waals surface area contributed by atoms with Crippen LogP contribution in [-0.2, 0) is 13.5 Å². The van der Waals surface area contributed by atoms with E-state index in [0.29, 0.717) is 5.58 Å². The van der Waals surface area contributed by atoms with Gasteiger partial charge in [0.25, 0.3) is 0 Å². The normalized spacial score (nSPS) is 11.2. The molecule has 0 aliphatic rings. The predicted octanol–water partition coefficient (Wildman–Crippen LogP) is 0.646. The zero-order chi connectivity index (χ0) is 13.0. The lowest BCUT2D eigenvalue weighted by Crippen LogP contribution is -2.19. The SMILES string of the molecule is Cn1c(=O)oc2ccc(CCNCCCO)cc21. The Morgan fingerprint density at radius 1 is 1.39 bits per heavy atom. The Balaban J connectivity index is 2.01. The molecule has 0 unspecified atom stereocenters. The molecule has 0 aliphatic heterocycles. The average Bonchev–Trinajstić information content (AvgIpc) is 2.65. The van der Waals surface area contributed by atoms with Gasteiger partial charge < -0.3 is 14.8 Å². The molecule has 18 heavy (non-hydrogen) atoms. The van der Waals surface area contributed by atoms with Crippen molar-refractivity contribution >= 4 is 11.1 Å². The third-order valence-electron chi connectivity index (χ3n) is 2.96. The van der Waals surface area contributed by atoms with Crippen LogP contribution in [0.2, 0.25) is 0 Å². The monoisotopic (exact) mass is 250 g/mol. The number of aliphatic hydroxyl groups is 1. The van der Waals surface area contributed by atoms with Gasteiger partial charge in [-0.25, -0.2) is 4.79 Å². The third kappa shape index (κ3) is 2.80. The predicted molar refractivity (Wildman–Crippen MR) is 69.7 cm³/mol. The average molecular weight is 250 g/mol. The highest BCUT2D eigenvalue weighted by atomic mass is 16.4. The van der Waals surface area contributed by atoms with Crippen LogP contribution in [-0.4, -0.2) is 29.4 Å². The summed E-state index contributed by atoms with van der Waals surface area (Å²) in [4.78, 5) is 11.3. The summed E-state index contributed by atoms with van der Waals surface area (Å²) < 4.78 is 6.59. The molecule has 0 radical (unpaired) electrons. The number of aromatic nitrogens is 1. The Bertz CT molecular complexity index is 571. The zero-order valence-electron chi connectivity index (χ0n) is 10.5. The van der Waals surface area contributed by atoms with Crippen molar-refractivity contribution in [3.8, 4) is 0 Å². The number of hydrogen-bond acceptors (Lipinski definition) is 4. The molecule has 2 rings (SSSR count). The van der Waals surface area contributed by atoms with Crippen molar-refractivity contribution in [1.29, 1.82) is 0 Å². The van der Waals surface area contributed by atoms with E-state index in [1.54, 1.807) is 7.05 Å². The first kappa shape index (κ1) is 12.9. The van der Waals surface area contributed by atoms with Gasteiger partial charge in [0.15, 0.2) is 5.58 Å². The van der Waals surface area contributed by atoms with E-state index in [1.807, 2.05) is 18.2 Å². The van der Waals surface area contributed by atoms with E-state index in [9.17, 15) is 4.79 Å². The molecule has 1 aromatic carbocycles. The number of aliphatic hydroxyl groups excluding tert-OH is 1. The van der Waals surface area contributed by atoms with Crippen LogP contribution in [0.3, 0.4) is 0 Å². The van der Waals surface area contributed by atoms with Crippen molar-refractivity contribution < 1.29 is 9.52 Å². The fourth-order valence-electron chi connectivity index (χ4n) is 1.89. The first-order valence-electron chi connectivity index (χ1n) is 6.12. The maximum Gasteiger partial charge on any atom is 0.419 e. The van der Waals surface area contributed by atoms with Crippen molar-refractivity contribution in [2.24, 2.45) is 7.05 Å². The molecular formula is C13H18N2O3. The van der Waals surface area contributed by atoms with E-state index in [1.165, 1.54) is 4.57 Å². The van der Waals surface area contributed by atoms with Crippen molar-refractivity contribution in [2.45, 2.75) is 12.8 Å². The molecule has 0 aliphatic carbocycles. The molecule has 0 bridgehead atoms. The van der Waals surface area contributed by atoms with E-state index in [4.69, 9.17) is 9.52 Å². The van der Waals surface area contributed by atoms with Gasteiger partial charge in [0.1, 0.15) is 0 Å². The third-order valence-corrected chi connectivity index (χ3v) is 2.96. The number of hydrogen-bond donors (Lipinski definition) is 2. The molecule has 0 saturated carbocycles. The molecule has 1 aromatic heterocycles. The lowest BCUT2D eigenvalue weighted by atomic mass is 10.1. The van der Waals surface area contributed by atoms with E-state index in [0.717, 1.165) is 37.0 Å². The summed E-state index contributed by atoms with van der Waals surface area (Å²) in [6.07, 6.45) is 1.66. The van der Waals surface area contributed by atoms with Crippen LogP contribution in [0.5, 0.6) is 0 Å². The molecule has 0 saturated heterocycles. The standard InChI is InChI=1S/C13H18N2O3/c1-15-11-9-10(5-7-14-6-2-8-16)3-4-12(11)18-13(15)17/h3-4,9,14,16H,2,5-8H2,1H3. The molecule has 0 fully saturated rings. The summed E-state index contributed by atoms with van der Waals surface area (Å²) in [5.41, 5.74) is 2.61. The Morgan fingerprint density at radius 3 is 3.00 bits per heavy atom. The summed E-state index contributed by atoms with van der Waals surface area (Å²) >= 11 is 0. The van der Waals surface area contributed by atoms with Crippen LogP contribution in [0.25, 0.3) is 11.1 Å². The summed E-state index contributed by atoms with van der Waals surface area (Å²) in [5.74, 6) is -0.330. The van der Waals surface area contributed by atoms with Gasteiger partial charge in [-0.3, -0.25) is 4.57 Å². The number of fused-ring (bicyclic) bond motifs is 1. The topological polar surface area (TPSA) is 67.4 Å².